The minimum absolute atomic E-state index is 0.722. The average Bonchev–Trinajstić information content (AvgIpc) is 3.46. The Hall–Kier alpha value is -6.86. The lowest BCUT2D eigenvalue weighted by Gasteiger charge is -2.16. The molecule has 10 rings (SSSR count). The van der Waals surface area contributed by atoms with Crippen LogP contribution in [-0.2, 0) is 0 Å². The number of aromatic nitrogens is 2. The van der Waals surface area contributed by atoms with Crippen LogP contribution in [0.3, 0.4) is 0 Å². The summed E-state index contributed by atoms with van der Waals surface area (Å²) in [4.78, 5) is 19.9. The first-order chi connectivity index (χ1) is 28.1. The van der Waals surface area contributed by atoms with E-state index in [1.807, 2.05) is 61.0 Å². The van der Waals surface area contributed by atoms with Crippen molar-refractivity contribution in [1.29, 1.82) is 0 Å². The summed E-state index contributed by atoms with van der Waals surface area (Å²) >= 11 is -0.722. The third-order valence-electron chi connectivity index (χ3n) is 10.1. The van der Waals surface area contributed by atoms with Gasteiger partial charge in [0.05, 0.1) is 16.7 Å². The second-order valence-corrected chi connectivity index (χ2v) is 16.5. The van der Waals surface area contributed by atoms with Gasteiger partial charge in [0.15, 0.2) is 11.7 Å². The van der Waals surface area contributed by atoms with Gasteiger partial charge in [-0.05, 0) is 116 Å². The zero-order valence-corrected chi connectivity index (χ0v) is 33.2. The molecule has 0 spiro atoms. The van der Waals surface area contributed by atoms with Crippen LogP contribution in [0.5, 0.6) is 0 Å². The van der Waals surface area contributed by atoms with E-state index in [1.165, 1.54) is 5.39 Å². The highest BCUT2D eigenvalue weighted by Gasteiger charge is 2.19. The maximum absolute atomic E-state index is 5.33. The van der Waals surface area contributed by atoms with Gasteiger partial charge >= 0.3 is 0 Å². The molecule has 57 heavy (non-hydrogen) atoms. The molecule has 0 N–H and O–H groups in total. The van der Waals surface area contributed by atoms with Crippen LogP contribution in [0.15, 0.2) is 208 Å². The van der Waals surface area contributed by atoms with Crippen LogP contribution in [0.2, 0.25) is 0 Å². The number of aliphatic imine (C=N–C) groups is 3. The number of amidine groups is 1. The van der Waals surface area contributed by atoms with Gasteiger partial charge in [0.25, 0.3) is 0 Å². The number of pyridine rings is 1. The number of hydrogen-bond donors (Lipinski definition) is 0. The SMILES string of the molecule is CC1=C=C(n2c3ccccc3c3cc(-c4cc(C5=NC(c6ccccc6)=NC(c6ccccc6)=I5)cc(-c5ccc(-c6ccccn6)cc5)c4)ccc32)N=CC=C1. The Balaban J connectivity index is 1.17. The van der Waals surface area contributed by atoms with Crippen molar-refractivity contribution in [2.75, 3.05) is 0 Å². The molecule has 2 aromatic heterocycles. The van der Waals surface area contributed by atoms with Crippen molar-refractivity contribution >= 4 is 67.8 Å². The molecule has 5 nitrogen and oxygen atoms in total. The van der Waals surface area contributed by atoms with E-state index in [4.69, 9.17) is 15.0 Å². The second-order valence-electron chi connectivity index (χ2n) is 13.9. The number of para-hydroxylation sites is 1. The van der Waals surface area contributed by atoms with Crippen LogP contribution in [0.25, 0.3) is 61.1 Å². The lowest BCUT2D eigenvalue weighted by atomic mass is 9.95. The fourth-order valence-electron chi connectivity index (χ4n) is 7.36. The Bertz CT molecular complexity index is 3030. The molecule has 2 aliphatic rings. The third kappa shape index (κ3) is 6.86. The molecule has 270 valence electrons. The van der Waals surface area contributed by atoms with Crippen molar-refractivity contribution in [2.24, 2.45) is 15.0 Å². The normalized spacial score (nSPS) is 13.9. The first-order valence-corrected chi connectivity index (χ1v) is 21.0. The molecule has 0 atom stereocenters. The predicted octanol–water partition coefficient (Wildman–Crippen LogP) is 12.5. The van der Waals surface area contributed by atoms with Gasteiger partial charge in [-0.1, -0.05) is 121 Å². The number of rotatable bonds is 7. The van der Waals surface area contributed by atoms with Gasteiger partial charge in [0.2, 0.25) is 0 Å². The lowest BCUT2D eigenvalue weighted by Crippen LogP contribution is -2.11. The monoisotopic (exact) mass is 843 g/mol. The largest absolute Gasteiger partial charge is 0.287 e. The van der Waals surface area contributed by atoms with Gasteiger partial charge in [0, 0.05) is 45.4 Å². The highest BCUT2D eigenvalue weighted by Crippen LogP contribution is 2.38. The highest BCUT2D eigenvalue weighted by molar-refractivity contribution is 14.2. The molecule has 6 heteroatoms. The van der Waals surface area contributed by atoms with Crippen LogP contribution >= 0.6 is 20.7 Å². The summed E-state index contributed by atoms with van der Waals surface area (Å²) in [5.41, 5.74) is 16.5. The number of allylic oxidation sites excluding steroid dienone is 3. The fraction of sp³-hybridized carbons (Fsp3) is 0.0196. The molecule has 0 aliphatic carbocycles. The van der Waals surface area contributed by atoms with Crippen molar-refractivity contribution in [3.8, 4) is 33.5 Å². The van der Waals surface area contributed by atoms with E-state index < -0.39 is 20.7 Å². The number of benzene rings is 6. The van der Waals surface area contributed by atoms with Crippen LogP contribution in [0.1, 0.15) is 23.6 Å². The molecule has 4 heterocycles. The van der Waals surface area contributed by atoms with Gasteiger partial charge in [-0.3, -0.25) is 9.55 Å². The molecule has 0 saturated heterocycles. The zero-order chi connectivity index (χ0) is 38.1. The number of fused-ring (bicyclic) bond motifs is 3. The van der Waals surface area contributed by atoms with Crippen molar-refractivity contribution in [3.63, 3.8) is 0 Å². The van der Waals surface area contributed by atoms with Crippen molar-refractivity contribution in [3.05, 3.63) is 210 Å². The Morgan fingerprint density at radius 2 is 1.19 bits per heavy atom. The second kappa shape index (κ2) is 15.0. The maximum atomic E-state index is 5.33. The van der Waals surface area contributed by atoms with E-state index in [-0.39, 0.29) is 0 Å². The van der Waals surface area contributed by atoms with Crippen LogP contribution in [0, 0.1) is 0 Å². The minimum Gasteiger partial charge on any atom is -0.287 e. The number of hydrogen-bond acceptors (Lipinski definition) is 4. The third-order valence-corrected chi connectivity index (χ3v) is 12.9. The van der Waals surface area contributed by atoms with Crippen molar-refractivity contribution < 1.29 is 0 Å². The molecule has 0 fully saturated rings. The molecular weight excluding hydrogens is 809 g/mol. The number of nitrogens with zero attached hydrogens (tertiary/aromatic N) is 5. The van der Waals surface area contributed by atoms with Gasteiger partial charge < -0.3 is 0 Å². The Morgan fingerprint density at radius 1 is 0.526 bits per heavy atom. The molecule has 2 aliphatic heterocycles. The van der Waals surface area contributed by atoms with Crippen LogP contribution < -0.4 is 0 Å². The number of halogens is 1. The Kier molecular flexibility index (Phi) is 9.11. The molecule has 6 aromatic carbocycles. The van der Waals surface area contributed by atoms with Crippen LogP contribution in [-0.4, -0.2) is 29.0 Å². The van der Waals surface area contributed by atoms with Crippen LogP contribution in [0.4, 0.5) is 0 Å². The molecule has 0 amide bonds. The van der Waals surface area contributed by atoms with E-state index in [9.17, 15) is 0 Å². The summed E-state index contributed by atoms with van der Waals surface area (Å²) in [7, 11) is 0. The van der Waals surface area contributed by atoms with Gasteiger partial charge in [-0.15, -0.1) is 0 Å². The first-order valence-electron chi connectivity index (χ1n) is 18.8. The van der Waals surface area contributed by atoms with E-state index in [0.717, 1.165) is 91.2 Å². The highest BCUT2D eigenvalue weighted by atomic mass is 127. The molecule has 0 radical (unpaired) electrons. The van der Waals surface area contributed by atoms with E-state index >= 15 is 0 Å². The fourth-order valence-corrected chi connectivity index (χ4v) is 9.84. The molecule has 0 unspecified atom stereocenters. The predicted molar refractivity (Wildman–Crippen MR) is 248 cm³/mol. The van der Waals surface area contributed by atoms with Gasteiger partial charge in [-0.25, -0.2) is 15.0 Å². The molecular formula is C51H34IN5. The smallest absolute Gasteiger partial charge is 0.182 e. The summed E-state index contributed by atoms with van der Waals surface area (Å²) in [6.07, 6.45) is 7.68. The van der Waals surface area contributed by atoms with Crippen molar-refractivity contribution in [2.45, 2.75) is 6.92 Å². The van der Waals surface area contributed by atoms with Crippen molar-refractivity contribution in [1.82, 2.24) is 9.55 Å². The van der Waals surface area contributed by atoms with E-state index in [2.05, 4.69) is 150 Å². The average molecular weight is 844 g/mol. The minimum atomic E-state index is -0.722. The van der Waals surface area contributed by atoms with E-state index in [1.54, 1.807) is 0 Å². The summed E-state index contributed by atoms with van der Waals surface area (Å²) in [5.74, 6) is 1.52. The van der Waals surface area contributed by atoms with Gasteiger partial charge in [0.1, 0.15) is 7.35 Å². The molecule has 0 saturated carbocycles. The summed E-state index contributed by atoms with van der Waals surface area (Å²) < 4.78 is 4.41. The summed E-state index contributed by atoms with van der Waals surface area (Å²) in [5, 5.41) is 2.33. The quantitative estimate of drug-likeness (QED) is 0.116. The maximum Gasteiger partial charge on any atom is 0.182 e. The standard InChI is InChI=1S/C51H34IN5/c1-34-13-12-28-54-48(29-34)57-46-20-9-8-18-43(46)44-33-39(25-26-47(44)57)41-30-40(35-21-23-36(24-22-35)45-19-10-11-27-53-45)31-42(32-41)50-52-49(37-14-4-2-5-15-37)55-51(56-50)38-16-6-3-7-17-38/h2-28,30-33H,1H3. The summed E-state index contributed by atoms with van der Waals surface area (Å²) in [6.45, 7) is 2.06. The zero-order valence-electron chi connectivity index (χ0n) is 31.0. The Labute approximate surface area is 340 Å². The summed E-state index contributed by atoms with van der Waals surface area (Å²) in [6, 6.07) is 57.9. The molecule has 0 bridgehead atoms. The van der Waals surface area contributed by atoms with Gasteiger partial charge in [-0.2, -0.15) is 0 Å². The Morgan fingerprint density at radius 3 is 1.98 bits per heavy atom. The molecule has 8 aromatic rings. The lowest BCUT2D eigenvalue weighted by molar-refractivity contribution is 1.18. The first kappa shape index (κ1) is 34.6. The topological polar surface area (TPSA) is 54.9 Å². The van der Waals surface area contributed by atoms with E-state index in [0.29, 0.717) is 0 Å².